The predicted octanol–water partition coefficient (Wildman–Crippen LogP) is 2.92. The first-order valence-electron chi connectivity index (χ1n) is 6.42. The number of carbonyl (C=O) groups excluding carboxylic acids is 1. The summed E-state index contributed by atoms with van der Waals surface area (Å²) in [4.78, 5) is 32.5. The van der Waals surface area contributed by atoms with E-state index in [1.54, 1.807) is 20.8 Å². The van der Waals surface area contributed by atoms with E-state index in [0.717, 1.165) is 0 Å². The number of hydrogen-bond acceptors (Lipinski definition) is 6. The molecule has 0 amide bonds. The van der Waals surface area contributed by atoms with Gasteiger partial charge < -0.3 is 14.6 Å². The standard InChI is InChI=1S/C14H17NO7/c1-14(2,3)12(16)22-11(8-21-13(17)18)9-4-6-10(7-5-9)15(19)20/h4-7,11H,8H2,1-3H3,(H,17,18). The van der Waals surface area contributed by atoms with E-state index in [9.17, 15) is 19.7 Å². The largest absolute Gasteiger partial charge is 0.505 e. The molecule has 0 saturated carbocycles. The molecule has 1 N–H and O–H groups in total. The van der Waals surface area contributed by atoms with Crippen LogP contribution in [0.1, 0.15) is 32.4 Å². The fraction of sp³-hybridized carbons (Fsp3) is 0.429. The lowest BCUT2D eigenvalue weighted by molar-refractivity contribution is -0.384. The topological polar surface area (TPSA) is 116 Å². The lowest BCUT2D eigenvalue weighted by atomic mass is 9.97. The normalized spacial score (nSPS) is 12.3. The van der Waals surface area contributed by atoms with E-state index in [4.69, 9.17) is 9.84 Å². The van der Waals surface area contributed by atoms with Crippen LogP contribution >= 0.6 is 0 Å². The quantitative estimate of drug-likeness (QED) is 0.504. The number of nitrogens with zero attached hydrogens (tertiary/aromatic N) is 1. The van der Waals surface area contributed by atoms with Crippen molar-refractivity contribution >= 4 is 17.8 Å². The Hall–Kier alpha value is -2.64. The molecule has 22 heavy (non-hydrogen) atoms. The maximum atomic E-state index is 11.9. The molecule has 1 rings (SSSR count). The highest BCUT2D eigenvalue weighted by Gasteiger charge is 2.28. The number of benzene rings is 1. The summed E-state index contributed by atoms with van der Waals surface area (Å²) in [5.74, 6) is -0.537. The van der Waals surface area contributed by atoms with Gasteiger partial charge in [-0.2, -0.15) is 0 Å². The number of carbonyl (C=O) groups is 2. The second-order valence-corrected chi connectivity index (χ2v) is 5.57. The highest BCUT2D eigenvalue weighted by Crippen LogP contribution is 2.25. The monoisotopic (exact) mass is 311 g/mol. The summed E-state index contributed by atoms with van der Waals surface area (Å²) in [5.41, 5.74) is -0.490. The lowest BCUT2D eigenvalue weighted by Crippen LogP contribution is -2.27. The molecule has 1 aromatic rings. The van der Waals surface area contributed by atoms with Crippen LogP contribution in [0.15, 0.2) is 24.3 Å². The van der Waals surface area contributed by atoms with E-state index in [2.05, 4.69) is 4.74 Å². The Bertz CT molecular complexity index is 560. The molecule has 120 valence electrons. The summed E-state index contributed by atoms with van der Waals surface area (Å²) in [7, 11) is 0. The Labute approximate surface area is 126 Å². The summed E-state index contributed by atoms with van der Waals surface area (Å²) < 4.78 is 9.71. The molecule has 0 spiro atoms. The van der Waals surface area contributed by atoms with Crippen LogP contribution in [0.5, 0.6) is 0 Å². The molecule has 0 radical (unpaired) electrons. The number of esters is 1. The minimum atomic E-state index is -1.50. The molecule has 0 aromatic heterocycles. The summed E-state index contributed by atoms with van der Waals surface area (Å²) >= 11 is 0. The Kier molecular flexibility index (Phi) is 5.44. The van der Waals surface area contributed by atoms with Gasteiger partial charge in [0.2, 0.25) is 0 Å². The van der Waals surface area contributed by atoms with Crippen LogP contribution in [0.3, 0.4) is 0 Å². The molecule has 0 aliphatic carbocycles. The summed E-state index contributed by atoms with van der Waals surface area (Å²) in [5, 5.41) is 19.2. The molecule has 1 unspecified atom stereocenters. The molecule has 1 atom stereocenters. The molecule has 1 aromatic carbocycles. The smallest absolute Gasteiger partial charge is 0.453 e. The Morgan fingerprint density at radius 2 is 1.82 bits per heavy atom. The number of non-ortho nitro benzene ring substituents is 1. The summed E-state index contributed by atoms with van der Waals surface area (Å²) in [6, 6.07) is 5.27. The van der Waals surface area contributed by atoms with E-state index in [-0.39, 0.29) is 5.69 Å². The molecule has 0 heterocycles. The zero-order valence-electron chi connectivity index (χ0n) is 12.4. The van der Waals surface area contributed by atoms with Gasteiger partial charge in [0.25, 0.3) is 5.69 Å². The molecule has 8 nitrogen and oxygen atoms in total. The third-order valence-corrected chi connectivity index (χ3v) is 2.70. The molecule has 0 saturated heterocycles. The fourth-order valence-electron chi connectivity index (χ4n) is 1.46. The van der Waals surface area contributed by atoms with Gasteiger partial charge in [0.1, 0.15) is 6.61 Å². The van der Waals surface area contributed by atoms with Gasteiger partial charge in [0, 0.05) is 12.1 Å². The Morgan fingerprint density at radius 3 is 2.23 bits per heavy atom. The third kappa shape index (κ3) is 5.04. The lowest BCUT2D eigenvalue weighted by Gasteiger charge is -2.23. The minimum absolute atomic E-state index is 0.121. The van der Waals surface area contributed by atoms with Crippen molar-refractivity contribution in [3.05, 3.63) is 39.9 Å². The van der Waals surface area contributed by atoms with Crippen LogP contribution in [-0.4, -0.2) is 28.8 Å². The number of ether oxygens (including phenoxy) is 2. The van der Waals surface area contributed by atoms with Crippen LogP contribution < -0.4 is 0 Å². The number of rotatable bonds is 5. The molecule has 0 aliphatic heterocycles. The first-order valence-corrected chi connectivity index (χ1v) is 6.42. The van der Waals surface area contributed by atoms with Gasteiger partial charge in [0.15, 0.2) is 6.10 Å². The van der Waals surface area contributed by atoms with Crippen LogP contribution in [0, 0.1) is 15.5 Å². The van der Waals surface area contributed by atoms with E-state index in [1.807, 2.05) is 0 Å². The van der Waals surface area contributed by atoms with E-state index in [1.165, 1.54) is 24.3 Å². The van der Waals surface area contributed by atoms with Crippen molar-refractivity contribution in [2.24, 2.45) is 5.41 Å². The zero-order valence-corrected chi connectivity index (χ0v) is 12.4. The number of nitro groups is 1. The van der Waals surface area contributed by atoms with Gasteiger partial charge >= 0.3 is 12.1 Å². The zero-order chi connectivity index (χ0) is 16.9. The molecular weight excluding hydrogens is 294 g/mol. The maximum Gasteiger partial charge on any atom is 0.505 e. The molecule has 0 fully saturated rings. The highest BCUT2D eigenvalue weighted by molar-refractivity contribution is 5.75. The van der Waals surface area contributed by atoms with Crippen molar-refractivity contribution < 1.29 is 29.1 Å². The first kappa shape index (κ1) is 17.4. The Morgan fingerprint density at radius 1 is 1.27 bits per heavy atom. The van der Waals surface area contributed by atoms with Crippen molar-refractivity contribution in [1.29, 1.82) is 0 Å². The van der Waals surface area contributed by atoms with Crippen molar-refractivity contribution in [3.8, 4) is 0 Å². The van der Waals surface area contributed by atoms with Crippen molar-refractivity contribution in [1.82, 2.24) is 0 Å². The van der Waals surface area contributed by atoms with E-state index < -0.39 is 35.2 Å². The van der Waals surface area contributed by atoms with Gasteiger partial charge in [-0.15, -0.1) is 0 Å². The maximum absolute atomic E-state index is 11.9. The van der Waals surface area contributed by atoms with Gasteiger partial charge in [-0.25, -0.2) is 4.79 Å². The van der Waals surface area contributed by atoms with Crippen molar-refractivity contribution in [3.63, 3.8) is 0 Å². The van der Waals surface area contributed by atoms with Crippen LogP contribution in [0.2, 0.25) is 0 Å². The predicted molar refractivity (Wildman–Crippen MR) is 75.4 cm³/mol. The van der Waals surface area contributed by atoms with Gasteiger partial charge in [-0.1, -0.05) is 0 Å². The van der Waals surface area contributed by atoms with Crippen molar-refractivity contribution in [2.75, 3.05) is 6.61 Å². The van der Waals surface area contributed by atoms with E-state index in [0.29, 0.717) is 5.56 Å². The summed E-state index contributed by atoms with van der Waals surface area (Å²) in [6.45, 7) is 4.57. The fourth-order valence-corrected chi connectivity index (χ4v) is 1.46. The Balaban J connectivity index is 2.96. The van der Waals surface area contributed by atoms with Crippen LogP contribution in [0.4, 0.5) is 10.5 Å². The molecule has 0 aliphatic rings. The molecular formula is C14H17NO7. The average molecular weight is 311 g/mol. The first-order chi connectivity index (χ1) is 10.1. The second kappa shape index (κ2) is 6.88. The second-order valence-electron chi connectivity index (χ2n) is 5.57. The van der Waals surface area contributed by atoms with Gasteiger partial charge in [-0.3, -0.25) is 14.9 Å². The third-order valence-electron chi connectivity index (χ3n) is 2.70. The van der Waals surface area contributed by atoms with Gasteiger partial charge in [0.05, 0.1) is 10.3 Å². The number of hydrogen-bond donors (Lipinski definition) is 1. The van der Waals surface area contributed by atoms with E-state index >= 15 is 0 Å². The summed E-state index contributed by atoms with van der Waals surface area (Å²) in [6.07, 6.45) is -2.47. The van der Waals surface area contributed by atoms with Crippen molar-refractivity contribution in [2.45, 2.75) is 26.9 Å². The number of carboxylic acid groups (broad SMARTS) is 1. The molecule has 0 bridgehead atoms. The van der Waals surface area contributed by atoms with Gasteiger partial charge in [-0.05, 0) is 38.5 Å². The van der Waals surface area contributed by atoms with Crippen LogP contribution in [0.25, 0.3) is 0 Å². The molecule has 8 heteroatoms. The number of nitro benzene ring substituents is 1. The van der Waals surface area contributed by atoms with Crippen LogP contribution in [-0.2, 0) is 14.3 Å². The minimum Gasteiger partial charge on any atom is -0.453 e. The average Bonchev–Trinajstić information content (AvgIpc) is 2.42. The SMILES string of the molecule is CC(C)(C)C(=O)OC(COC(=O)O)c1ccc([N+](=O)[O-])cc1. The highest BCUT2D eigenvalue weighted by atomic mass is 16.7.